The van der Waals surface area contributed by atoms with Gasteiger partial charge in [-0.15, -0.1) is 5.12 Å². The zero-order valence-electron chi connectivity index (χ0n) is 19.4. The zero-order valence-corrected chi connectivity index (χ0v) is 20.1. The largest absolute Gasteiger partial charge is 0.487 e. The number of fused-ring (bicyclic) bond motifs is 4. The van der Waals surface area contributed by atoms with Crippen molar-refractivity contribution in [2.24, 2.45) is 0 Å². The number of aliphatic hydroxyl groups is 1. The highest BCUT2D eigenvalue weighted by Gasteiger charge is 2.68. The molecule has 4 aliphatic rings. The van der Waals surface area contributed by atoms with Gasteiger partial charge in [0, 0.05) is 38.7 Å². The van der Waals surface area contributed by atoms with E-state index in [0.717, 1.165) is 5.56 Å². The number of nitrogens with zero attached hydrogens (tertiary/aromatic N) is 3. The van der Waals surface area contributed by atoms with Crippen LogP contribution in [-0.4, -0.2) is 70.3 Å². The van der Waals surface area contributed by atoms with Crippen LogP contribution in [0.2, 0.25) is 5.02 Å². The summed E-state index contributed by atoms with van der Waals surface area (Å²) in [6, 6.07) is 14.9. The standard InChI is InChI=1S/C25H26ClN5O5/c26-18-7-4-8-19(21(18)22(33)27-15-25(34)9-11-35-12-10-25)36-14-17-13-20(32)29-24(28-17)30-23(31(29)30)16-5-2-1-3-6-16/h1-8,13,23-24,28,34H,9-12,14-15H2,(H,27,33). The van der Waals surface area contributed by atoms with Gasteiger partial charge in [0.25, 0.3) is 11.8 Å². The summed E-state index contributed by atoms with van der Waals surface area (Å²) in [6.07, 6.45) is 2.14. The molecule has 0 radical (unpaired) electrons. The third-order valence-corrected chi connectivity index (χ3v) is 7.19. The van der Waals surface area contributed by atoms with Gasteiger partial charge in [-0.25, -0.2) is 5.01 Å². The van der Waals surface area contributed by atoms with E-state index in [1.54, 1.807) is 23.2 Å². The lowest BCUT2D eigenvalue weighted by Gasteiger charge is -2.43. The van der Waals surface area contributed by atoms with Crippen LogP contribution in [0.3, 0.4) is 0 Å². The average Bonchev–Trinajstić information content (AvgIpc) is 3.53. The molecule has 36 heavy (non-hydrogen) atoms. The normalized spacial score (nSPS) is 27.6. The summed E-state index contributed by atoms with van der Waals surface area (Å²) >= 11 is 6.35. The molecule has 2 amide bonds. The van der Waals surface area contributed by atoms with E-state index in [9.17, 15) is 14.7 Å². The van der Waals surface area contributed by atoms with Crippen molar-refractivity contribution in [2.75, 3.05) is 26.4 Å². The van der Waals surface area contributed by atoms with E-state index in [0.29, 0.717) is 37.5 Å². The third-order valence-electron chi connectivity index (χ3n) is 6.88. The first-order valence-electron chi connectivity index (χ1n) is 11.9. The van der Waals surface area contributed by atoms with Gasteiger partial charge in [0.2, 0.25) is 0 Å². The van der Waals surface area contributed by atoms with Crippen LogP contribution in [0.1, 0.15) is 34.9 Å². The molecule has 6 rings (SSSR count). The molecule has 3 fully saturated rings. The Bertz CT molecular complexity index is 1220. The molecule has 11 heteroatoms. The number of halogens is 1. The van der Waals surface area contributed by atoms with E-state index in [2.05, 4.69) is 15.6 Å². The maximum Gasteiger partial charge on any atom is 0.266 e. The summed E-state index contributed by atoms with van der Waals surface area (Å²) in [5.41, 5.74) is 0.886. The number of ether oxygens (including phenoxy) is 2. The maximum atomic E-state index is 13.0. The van der Waals surface area contributed by atoms with Crippen LogP contribution < -0.4 is 15.4 Å². The smallest absolute Gasteiger partial charge is 0.266 e. The van der Waals surface area contributed by atoms with Crippen molar-refractivity contribution in [3.05, 3.63) is 76.5 Å². The molecule has 4 atom stereocenters. The number of hydrogen-bond donors (Lipinski definition) is 3. The third kappa shape index (κ3) is 4.10. The predicted molar refractivity (Wildman–Crippen MR) is 129 cm³/mol. The Morgan fingerprint density at radius 1 is 1.19 bits per heavy atom. The molecule has 3 saturated heterocycles. The van der Waals surface area contributed by atoms with Crippen molar-refractivity contribution < 1.29 is 24.2 Å². The fourth-order valence-corrected chi connectivity index (χ4v) is 5.11. The van der Waals surface area contributed by atoms with Crippen molar-refractivity contribution >= 4 is 23.4 Å². The molecule has 188 valence electrons. The Morgan fingerprint density at radius 2 is 1.97 bits per heavy atom. The minimum absolute atomic E-state index is 0.0232. The highest BCUT2D eigenvalue weighted by atomic mass is 35.5. The summed E-state index contributed by atoms with van der Waals surface area (Å²) in [5, 5.41) is 22.6. The van der Waals surface area contributed by atoms with Crippen molar-refractivity contribution in [1.29, 1.82) is 0 Å². The van der Waals surface area contributed by atoms with E-state index in [1.165, 1.54) is 6.08 Å². The minimum Gasteiger partial charge on any atom is -0.487 e. The van der Waals surface area contributed by atoms with Gasteiger partial charge in [-0.3, -0.25) is 9.59 Å². The second-order valence-corrected chi connectivity index (χ2v) is 9.68. The lowest BCUT2D eigenvalue weighted by Crippen LogP contribution is -2.66. The van der Waals surface area contributed by atoms with Gasteiger partial charge in [0.05, 0.1) is 21.9 Å². The number of benzene rings is 2. The molecule has 0 spiro atoms. The van der Waals surface area contributed by atoms with Crippen LogP contribution in [-0.2, 0) is 9.53 Å². The molecule has 0 saturated carbocycles. The van der Waals surface area contributed by atoms with Crippen LogP contribution in [0, 0.1) is 0 Å². The van der Waals surface area contributed by atoms with Gasteiger partial charge in [0.15, 0.2) is 6.29 Å². The topological polar surface area (TPSA) is 106 Å². The summed E-state index contributed by atoms with van der Waals surface area (Å²) in [7, 11) is 0. The highest BCUT2D eigenvalue weighted by Crippen LogP contribution is 2.53. The maximum absolute atomic E-state index is 13.0. The second-order valence-electron chi connectivity index (χ2n) is 9.28. The molecule has 0 aliphatic carbocycles. The van der Waals surface area contributed by atoms with E-state index in [4.69, 9.17) is 21.1 Å². The van der Waals surface area contributed by atoms with Crippen molar-refractivity contribution in [2.45, 2.75) is 30.9 Å². The molecule has 2 aromatic rings. The second kappa shape index (κ2) is 9.06. The lowest BCUT2D eigenvalue weighted by atomic mass is 9.94. The van der Waals surface area contributed by atoms with E-state index in [-0.39, 0.29) is 42.1 Å². The molecule has 4 unspecified atom stereocenters. The Labute approximate surface area is 212 Å². The highest BCUT2D eigenvalue weighted by molar-refractivity contribution is 6.34. The molecule has 2 aromatic carbocycles. The van der Waals surface area contributed by atoms with Gasteiger partial charge >= 0.3 is 0 Å². The van der Waals surface area contributed by atoms with E-state index in [1.807, 2.05) is 35.4 Å². The lowest BCUT2D eigenvalue weighted by molar-refractivity contribution is -0.200. The number of carbonyl (C=O) groups is 2. The van der Waals surface area contributed by atoms with Gasteiger partial charge in [-0.1, -0.05) is 48.0 Å². The van der Waals surface area contributed by atoms with Crippen molar-refractivity contribution in [1.82, 2.24) is 25.8 Å². The van der Waals surface area contributed by atoms with Crippen LogP contribution >= 0.6 is 11.6 Å². The fourth-order valence-electron chi connectivity index (χ4n) is 4.85. The summed E-state index contributed by atoms with van der Waals surface area (Å²) in [4.78, 5) is 25.7. The van der Waals surface area contributed by atoms with Crippen LogP contribution in [0.15, 0.2) is 60.3 Å². The Balaban J connectivity index is 1.10. The first-order chi connectivity index (χ1) is 17.5. The summed E-state index contributed by atoms with van der Waals surface area (Å²) < 4.78 is 11.2. The quantitative estimate of drug-likeness (QED) is 0.483. The van der Waals surface area contributed by atoms with Crippen LogP contribution in [0.25, 0.3) is 0 Å². The predicted octanol–water partition coefficient (Wildman–Crippen LogP) is 1.75. The van der Waals surface area contributed by atoms with Crippen LogP contribution in [0.5, 0.6) is 5.75 Å². The first kappa shape index (κ1) is 23.3. The van der Waals surface area contributed by atoms with Crippen molar-refractivity contribution in [3.63, 3.8) is 0 Å². The summed E-state index contributed by atoms with van der Waals surface area (Å²) in [6.45, 7) is 1.05. The fraction of sp³-hybridized carbons (Fsp3) is 0.360. The molecule has 3 N–H and O–H groups in total. The van der Waals surface area contributed by atoms with E-state index < -0.39 is 11.5 Å². The molecule has 0 bridgehead atoms. The number of hydrogen-bond acceptors (Lipinski definition) is 8. The van der Waals surface area contributed by atoms with Gasteiger partial charge < -0.3 is 25.2 Å². The molecule has 4 heterocycles. The molecular weight excluding hydrogens is 486 g/mol. The Kier molecular flexibility index (Phi) is 5.85. The number of nitrogens with one attached hydrogen (secondary N) is 2. The minimum atomic E-state index is -1.01. The Morgan fingerprint density at radius 3 is 2.75 bits per heavy atom. The van der Waals surface area contributed by atoms with Gasteiger partial charge in [-0.2, -0.15) is 5.01 Å². The summed E-state index contributed by atoms with van der Waals surface area (Å²) in [5.74, 6) is -0.283. The number of hydrazine groups is 2. The monoisotopic (exact) mass is 511 g/mol. The SMILES string of the molecule is O=C(NCC1(O)CCOCC1)c1c(Cl)cccc1OCC1=CC(=O)N2C(N1)N1C(c3ccccc3)N21. The molecular formula is C25H26ClN5O5. The number of carbonyl (C=O) groups excluding carboxylic acids is 2. The number of rotatable bonds is 7. The van der Waals surface area contributed by atoms with Gasteiger partial charge in [0.1, 0.15) is 18.5 Å². The van der Waals surface area contributed by atoms with Crippen LogP contribution in [0.4, 0.5) is 0 Å². The molecule has 10 nitrogen and oxygen atoms in total. The zero-order chi connectivity index (χ0) is 24.9. The van der Waals surface area contributed by atoms with Crippen molar-refractivity contribution in [3.8, 4) is 5.75 Å². The average molecular weight is 512 g/mol. The van der Waals surface area contributed by atoms with Gasteiger partial charge in [-0.05, 0) is 17.7 Å². The van der Waals surface area contributed by atoms with E-state index >= 15 is 0 Å². The molecule has 0 aromatic heterocycles. The Hall–Kier alpha value is -3.15. The number of amides is 2. The molecule has 4 aliphatic heterocycles. The first-order valence-corrected chi connectivity index (χ1v) is 12.3.